The predicted molar refractivity (Wildman–Crippen MR) is 57.6 cm³/mol. The van der Waals surface area contributed by atoms with Gasteiger partial charge in [0.2, 0.25) is 5.91 Å². The van der Waals surface area contributed by atoms with Gasteiger partial charge in [-0.05, 0) is 25.3 Å². The number of fused-ring (bicyclic) bond motifs is 1. The van der Waals surface area contributed by atoms with Crippen LogP contribution in [0.4, 0.5) is 0 Å². The number of nitrogens with one attached hydrogen (secondary N) is 1. The maximum Gasteiger partial charge on any atom is 0.248 e. The molecule has 2 saturated heterocycles. The smallest absolute Gasteiger partial charge is 0.248 e. The molecule has 0 aliphatic carbocycles. The zero-order chi connectivity index (χ0) is 10.7. The molecule has 15 heavy (non-hydrogen) atoms. The van der Waals surface area contributed by atoms with E-state index in [1.165, 1.54) is 6.42 Å². The summed E-state index contributed by atoms with van der Waals surface area (Å²) in [4.78, 5) is 13.7. The van der Waals surface area contributed by atoms with Crippen LogP contribution in [-0.4, -0.2) is 49.7 Å². The van der Waals surface area contributed by atoms with Crippen LogP contribution < -0.4 is 5.32 Å². The molecule has 0 saturated carbocycles. The summed E-state index contributed by atoms with van der Waals surface area (Å²) in [7, 11) is 0. The van der Waals surface area contributed by atoms with Crippen molar-refractivity contribution < 1.29 is 9.53 Å². The first-order valence-electron chi connectivity index (χ1n) is 5.90. The van der Waals surface area contributed by atoms with Crippen LogP contribution in [0.2, 0.25) is 0 Å². The lowest BCUT2D eigenvalue weighted by atomic mass is 10.1. The van der Waals surface area contributed by atoms with Crippen molar-refractivity contribution in [1.29, 1.82) is 0 Å². The van der Waals surface area contributed by atoms with E-state index in [9.17, 15) is 4.79 Å². The Morgan fingerprint density at radius 2 is 2.40 bits per heavy atom. The number of rotatable bonds is 4. The van der Waals surface area contributed by atoms with Gasteiger partial charge in [0.25, 0.3) is 0 Å². The van der Waals surface area contributed by atoms with Crippen molar-refractivity contribution in [3.63, 3.8) is 0 Å². The Bertz CT molecular complexity index is 221. The van der Waals surface area contributed by atoms with Crippen molar-refractivity contribution in [1.82, 2.24) is 10.2 Å². The number of amides is 1. The highest BCUT2D eigenvalue weighted by Gasteiger charge is 2.37. The van der Waals surface area contributed by atoms with Crippen LogP contribution in [0, 0.1) is 5.92 Å². The second kappa shape index (κ2) is 4.94. The van der Waals surface area contributed by atoms with E-state index >= 15 is 0 Å². The summed E-state index contributed by atoms with van der Waals surface area (Å²) in [6.07, 6.45) is 2.18. The lowest BCUT2D eigenvalue weighted by Gasteiger charge is -2.17. The predicted octanol–water partition coefficient (Wildman–Crippen LogP) is 0.233. The molecule has 0 unspecified atom stereocenters. The van der Waals surface area contributed by atoms with Crippen molar-refractivity contribution in [3.8, 4) is 0 Å². The first-order valence-corrected chi connectivity index (χ1v) is 5.90. The monoisotopic (exact) mass is 212 g/mol. The van der Waals surface area contributed by atoms with Crippen LogP contribution in [0.5, 0.6) is 0 Å². The largest absolute Gasteiger partial charge is 0.372 e. The maximum absolute atomic E-state index is 11.7. The van der Waals surface area contributed by atoms with Crippen molar-refractivity contribution in [3.05, 3.63) is 0 Å². The second-order valence-corrected chi connectivity index (χ2v) is 4.46. The molecule has 0 radical (unpaired) electrons. The van der Waals surface area contributed by atoms with E-state index < -0.39 is 0 Å². The molecule has 1 amide bonds. The van der Waals surface area contributed by atoms with Crippen LogP contribution in [0.15, 0.2) is 0 Å². The number of hydrogen-bond donors (Lipinski definition) is 1. The number of carbonyl (C=O) groups is 1. The highest BCUT2D eigenvalue weighted by atomic mass is 16.5. The van der Waals surface area contributed by atoms with E-state index in [-0.39, 0.29) is 12.5 Å². The molecule has 2 aliphatic heterocycles. The van der Waals surface area contributed by atoms with E-state index in [1.54, 1.807) is 0 Å². The van der Waals surface area contributed by atoms with E-state index in [4.69, 9.17) is 4.74 Å². The fraction of sp³-hybridized carbons (Fsp3) is 0.909. The van der Waals surface area contributed by atoms with Gasteiger partial charge in [0.15, 0.2) is 0 Å². The molecule has 0 aromatic carbocycles. The van der Waals surface area contributed by atoms with Crippen LogP contribution in [-0.2, 0) is 9.53 Å². The number of hydrogen-bond acceptors (Lipinski definition) is 3. The Kier molecular flexibility index (Phi) is 3.59. The minimum absolute atomic E-state index is 0.152. The third-order valence-corrected chi connectivity index (χ3v) is 3.29. The molecule has 0 bridgehead atoms. The van der Waals surface area contributed by atoms with Gasteiger partial charge < -0.3 is 15.0 Å². The molecule has 4 heteroatoms. The Balaban J connectivity index is 1.73. The Hall–Kier alpha value is -0.610. The third-order valence-electron chi connectivity index (χ3n) is 3.29. The van der Waals surface area contributed by atoms with Gasteiger partial charge in [0, 0.05) is 25.7 Å². The fourth-order valence-electron chi connectivity index (χ4n) is 2.45. The average molecular weight is 212 g/mol. The second-order valence-electron chi connectivity index (χ2n) is 4.46. The number of likely N-dealkylation sites (tertiary alicyclic amines) is 1. The highest BCUT2D eigenvalue weighted by molar-refractivity contribution is 5.77. The number of nitrogens with zero attached hydrogens (tertiary/aromatic N) is 1. The normalized spacial score (nSPS) is 29.5. The van der Waals surface area contributed by atoms with Gasteiger partial charge in [-0.25, -0.2) is 0 Å². The van der Waals surface area contributed by atoms with E-state index in [0.717, 1.165) is 26.1 Å². The Morgan fingerprint density at radius 3 is 3.13 bits per heavy atom. The molecule has 86 valence electrons. The van der Waals surface area contributed by atoms with E-state index in [0.29, 0.717) is 18.6 Å². The molecule has 4 nitrogen and oxygen atoms in total. The minimum Gasteiger partial charge on any atom is -0.372 e. The molecular weight excluding hydrogens is 192 g/mol. The van der Waals surface area contributed by atoms with Crippen molar-refractivity contribution in [2.75, 3.05) is 32.8 Å². The molecule has 2 rings (SSSR count). The SMILES string of the molecule is CCCOCC(=O)N1C[C@@H]2CCN[C@@H]2C1. The highest BCUT2D eigenvalue weighted by Crippen LogP contribution is 2.24. The van der Waals surface area contributed by atoms with Crippen molar-refractivity contribution in [2.24, 2.45) is 5.92 Å². The lowest BCUT2D eigenvalue weighted by molar-refractivity contribution is -0.135. The Labute approximate surface area is 91.0 Å². The molecule has 0 aromatic heterocycles. The molecule has 0 spiro atoms. The summed E-state index contributed by atoms with van der Waals surface area (Å²) in [5, 5.41) is 3.44. The van der Waals surface area contributed by atoms with Crippen LogP contribution >= 0.6 is 0 Å². The molecular formula is C11H20N2O2. The van der Waals surface area contributed by atoms with Gasteiger partial charge in [-0.15, -0.1) is 0 Å². The standard InChI is InChI=1S/C11H20N2O2/c1-2-5-15-8-11(14)13-6-9-3-4-12-10(9)7-13/h9-10,12H,2-8H2,1H3/t9-,10+/m0/s1. The number of ether oxygens (including phenoxy) is 1. The molecule has 2 aliphatic rings. The van der Waals surface area contributed by atoms with Crippen molar-refractivity contribution >= 4 is 5.91 Å². The third kappa shape index (κ3) is 2.49. The van der Waals surface area contributed by atoms with Gasteiger partial charge in [-0.2, -0.15) is 0 Å². The molecule has 0 aromatic rings. The zero-order valence-corrected chi connectivity index (χ0v) is 9.37. The average Bonchev–Trinajstić information content (AvgIpc) is 2.76. The summed E-state index contributed by atoms with van der Waals surface area (Å²) in [6, 6.07) is 0.542. The summed E-state index contributed by atoms with van der Waals surface area (Å²) < 4.78 is 5.27. The molecule has 2 atom stereocenters. The van der Waals surface area contributed by atoms with Crippen LogP contribution in [0.25, 0.3) is 0 Å². The topological polar surface area (TPSA) is 41.6 Å². The zero-order valence-electron chi connectivity index (χ0n) is 9.37. The maximum atomic E-state index is 11.7. The first-order chi connectivity index (χ1) is 7.31. The van der Waals surface area contributed by atoms with Gasteiger partial charge >= 0.3 is 0 Å². The van der Waals surface area contributed by atoms with Gasteiger partial charge in [0.05, 0.1) is 0 Å². The van der Waals surface area contributed by atoms with Gasteiger partial charge in [0.1, 0.15) is 6.61 Å². The first kappa shape index (κ1) is 10.9. The van der Waals surface area contributed by atoms with Crippen molar-refractivity contribution in [2.45, 2.75) is 25.8 Å². The van der Waals surface area contributed by atoms with Gasteiger partial charge in [-0.3, -0.25) is 4.79 Å². The summed E-state index contributed by atoms with van der Waals surface area (Å²) >= 11 is 0. The van der Waals surface area contributed by atoms with Gasteiger partial charge in [-0.1, -0.05) is 6.92 Å². The minimum atomic E-state index is 0.152. The molecule has 2 fully saturated rings. The summed E-state index contributed by atoms with van der Waals surface area (Å²) in [5.74, 6) is 0.833. The van der Waals surface area contributed by atoms with E-state index in [1.807, 2.05) is 4.90 Å². The summed E-state index contributed by atoms with van der Waals surface area (Å²) in [5.41, 5.74) is 0. The van der Waals surface area contributed by atoms with E-state index in [2.05, 4.69) is 12.2 Å². The van der Waals surface area contributed by atoms with Crippen LogP contribution in [0.1, 0.15) is 19.8 Å². The summed E-state index contributed by atoms with van der Waals surface area (Å²) in [6.45, 7) is 5.90. The lowest BCUT2D eigenvalue weighted by Crippen LogP contribution is -2.36. The molecule has 1 N–H and O–H groups in total. The Morgan fingerprint density at radius 1 is 1.53 bits per heavy atom. The van der Waals surface area contributed by atoms with Crippen LogP contribution in [0.3, 0.4) is 0 Å². The quantitative estimate of drug-likeness (QED) is 0.678. The fourth-order valence-corrected chi connectivity index (χ4v) is 2.45. The number of carbonyl (C=O) groups excluding carboxylic acids is 1. The molecule has 2 heterocycles.